The van der Waals surface area contributed by atoms with Gasteiger partial charge < -0.3 is 28.4 Å². The van der Waals surface area contributed by atoms with Crippen molar-refractivity contribution in [1.82, 2.24) is 0 Å². The highest BCUT2D eigenvalue weighted by molar-refractivity contribution is 5.81. The lowest BCUT2D eigenvalue weighted by Gasteiger charge is -2.21. The first-order valence-electron chi connectivity index (χ1n) is 7.02. The second kappa shape index (κ2) is 11.2. The van der Waals surface area contributed by atoms with Crippen LogP contribution in [0.2, 0.25) is 0 Å². The molecule has 0 spiro atoms. The Labute approximate surface area is 140 Å². The fourth-order valence-electron chi connectivity index (χ4n) is 1.37. The van der Waals surface area contributed by atoms with Crippen LogP contribution in [-0.4, -0.2) is 43.3 Å². The lowest BCUT2D eigenvalue weighted by atomic mass is 10.6. The fraction of sp³-hybridized carbons (Fsp3) is 0.533. The molecule has 0 aromatic carbocycles. The smallest absolute Gasteiger partial charge is 0.433 e. The number of carbonyl (C=O) groups excluding carboxylic acids is 3. The van der Waals surface area contributed by atoms with Crippen LogP contribution in [0.15, 0.2) is 25.3 Å². The quantitative estimate of drug-likeness (QED) is 0.254. The van der Waals surface area contributed by atoms with Gasteiger partial charge in [0, 0.05) is 12.2 Å². The first-order valence-corrected chi connectivity index (χ1v) is 7.02. The van der Waals surface area contributed by atoms with Gasteiger partial charge in [-0.1, -0.05) is 13.2 Å². The molecule has 0 aliphatic rings. The number of hydrogen-bond acceptors (Lipinski definition) is 9. The van der Waals surface area contributed by atoms with Crippen LogP contribution in [-0.2, 0) is 38.0 Å². The van der Waals surface area contributed by atoms with Crippen LogP contribution >= 0.6 is 0 Å². The van der Waals surface area contributed by atoms with Crippen molar-refractivity contribution in [2.75, 3.05) is 0 Å². The molecule has 0 fully saturated rings. The molecule has 4 atom stereocenters. The Balaban J connectivity index is 4.13. The predicted molar refractivity (Wildman–Crippen MR) is 80.2 cm³/mol. The van der Waals surface area contributed by atoms with Crippen LogP contribution in [0.5, 0.6) is 0 Å². The molecule has 0 aliphatic heterocycles. The molecule has 0 aromatic heterocycles. The maximum absolute atomic E-state index is 11.5. The summed E-state index contributed by atoms with van der Waals surface area (Å²) in [7, 11) is 0. The molecule has 9 heteroatoms. The predicted octanol–water partition coefficient (Wildman–Crippen LogP) is 2.02. The summed E-state index contributed by atoms with van der Waals surface area (Å²) >= 11 is 0. The summed E-state index contributed by atoms with van der Waals surface area (Å²) in [6, 6.07) is 0. The molecule has 0 amide bonds. The molecule has 24 heavy (non-hydrogen) atoms. The van der Waals surface area contributed by atoms with Gasteiger partial charge in [-0.2, -0.15) is 0 Å². The zero-order chi connectivity index (χ0) is 18.7. The van der Waals surface area contributed by atoms with E-state index in [0.717, 1.165) is 12.2 Å². The van der Waals surface area contributed by atoms with Crippen LogP contribution < -0.4 is 0 Å². The molecule has 0 bridgehead atoms. The molecule has 0 aliphatic carbocycles. The number of rotatable bonds is 10. The first kappa shape index (κ1) is 21.6. The van der Waals surface area contributed by atoms with Crippen molar-refractivity contribution in [3.05, 3.63) is 25.3 Å². The van der Waals surface area contributed by atoms with Gasteiger partial charge in [-0.05, 0) is 27.7 Å². The Morgan fingerprint density at radius 1 is 0.667 bits per heavy atom. The van der Waals surface area contributed by atoms with E-state index < -0.39 is 43.3 Å². The molecule has 136 valence electrons. The van der Waals surface area contributed by atoms with Gasteiger partial charge in [-0.25, -0.2) is 14.4 Å². The monoisotopic (exact) mass is 346 g/mol. The van der Waals surface area contributed by atoms with Crippen molar-refractivity contribution in [2.45, 2.75) is 52.9 Å². The van der Waals surface area contributed by atoms with E-state index in [9.17, 15) is 14.4 Å². The average Bonchev–Trinajstić information content (AvgIpc) is 2.45. The van der Waals surface area contributed by atoms with E-state index in [-0.39, 0.29) is 0 Å². The van der Waals surface area contributed by atoms with E-state index in [4.69, 9.17) is 28.4 Å². The van der Waals surface area contributed by atoms with E-state index >= 15 is 0 Å². The second-order valence-electron chi connectivity index (χ2n) is 4.31. The molecule has 0 saturated heterocycles. The molecule has 0 radical (unpaired) electrons. The Morgan fingerprint density at radius 2 is 0.958 bits per heavy atom. The van der Waals surface area contributed by atoms with Crippen molar-refractivity contribution in [1.29, 1.82) is 0 Å². The lowest BCUT2D eigenvalue weighted by molar-refractivity contribution is -0.234. The third-order valence-electron chi connectivity index (χ3n) is 2.19. The van der Waals surface area contributed by atoms with Crippen molar-refractivity contribution in [3.63, 3.8) is 0 Å². The summed E-state index contributed by atoms with van der Waals surface area (Å²) < 4.78 is 29.2. The molecule has 0 heterocycles. The molecule has 4 unspecified atom stereocenters. The number of hydrogen-bond donors (Lipinski definition) is 0. The first-order chi connectivity index (χ1) is 11.2. The van der Waals surface area contributed by atoms with Gasteiger partial charge in [0.15, 0.2) is 0 Å². The van der Waals surface area contributed by atoms with E-state index in [1.54, 1.807) is 0 Å². The zero-order valence-corrected chi connectivity index (χ0v) is 14.1. The SMILES string of the molecule is C=CC(=O)OC(C)OC(C)OC(=O)OC(C)OC(C)OC(=O)C=C. The Hall–Kier alpha value is -2.39. The largest absolute Gasteiger partial charge is 0.512 e. The Morgan fingerprint density at radius 3 is 1.25 bits per heavy atom. The minimum Gasteiger partial charge on any atom is -0.433 e. The Kier molecular flexibility index (Phi) is 10.1. The number of carbonyl (C=O) groups is 3. The van der Waals surface area contributed by atoms with Gasteiger partial charge in [0.2, 0.25) is 25.2 Å². The standard InChI is InChI=1S/C15H22O9/c1-7-13(16)21-9(3)19-11(5)23-15(18)24-12(6)20-10(4)22-14(17)8-2/h7-12H,1-2H2,3-6H3. The van der Waals surface area contributed by atoms with E-state index in [1.165, 1.54) is 27.7 Å². The number of esters is 2. The van der Waals surface area contributed by atoms with E-state index in [0.29, 0.717) is 0 Å². The van der Waals surface area contributed by atoms with Gasteiger partial charge in [0.05, 0.1) is 0 Å². The maximum Gasteiger partial charge on any atom is 0.512 e. The highest BCUT2D eigenvalue weighted by Gasteiger charge is 2.20. The summed E-state index contributed by atoms with van der Waals surface area (Å²) in [6.45, 7) is 12.2. The third-order valence-corrected chi connectivity index (χ3v) is 2.19. The Bertz CT molecular complexity index is 420. The van der Waals surface area contributed by atoms with Gasteiger partial charge in [-0.15, -0.1) is 0 Å². The van der Waals surface area contributed by atoms with Crippen molar-refractivity contribution in [2.24, 2.45) is 0 Å². The molecule has 0 saturated carbocycles. The van der Waals surface area contributed by atoms with Crippen LogP contribution in [0.3, 0.4) is 0 Å². The van der Waals surface area contributed by atoms with Gasteiger partial charge in [0.1, 0.15) is 0 Å². The molecule has 9 nitrogen and oxygen atoms in total. The summed E-state index contributed by atoms with van der Waals surface area (Å²) in [5.41, 5.74) is 0. The van der Waals surface area contributed by atoms with Crippen LogP contribution in [0.4, 0.5) is 4.79 Å². The van der Waals surface area contributed by atoms with Crippen LogP contribution in [0.25, 0.3) is 0 Å². The summed E-state index contributed by atoms with van der Waals surface area (Å²) in [5, 5.41) is 0. The van der Waals surface area contributed by atoms with E-state index in [1.807, 2.05) is 0 Å². The molecule has 0 rings (SSSR count). The topological polar surface area (TPSA) is 107 Å². The third kappa shape index (κ3) is 10.4. The van der Waals surface area contributed by atoms with Crippen LogP contribution in [0, 0.1) is 0 Å². The summed E-state index contributed by atoms with van der Waals surface area (Å²) in [6.07, 6.45) is -3.14. The van der Waals surface area contributed by atoms with Gasteiger partial charge >= 0.3 is 18.1 Å². The lowest BCUT2D eigenvalue weighted by Crippen LogP contribution is -2.30. The fourth-order valence-corrected chi connectivity index (χ4v) is 1.37. The van der Waals surface area contributed by atoms with Gasteiger partial charge in [0.25, 0.3) is 0 Å². The minimum absolute atomic E-state index is 0.678. The maximum atomic E-state index is 11.5. The molecule has 0 N–H and O–H groups in total. The molecule has 0 aromatic rings. The van der Waals surface area contributed by atoms with Crippen molar-refractivity contribution in [3.8, 4) is 0 Å². The van der Waals surface area contributed by atoms with Crippen molar-refractivity contribution < 1.29 is 42.8 Å². The highest BCUT2D eigenvalue weighted by atomic mass is 16.9. The summed E-state index contributed by atoms with van der Waals surface area (Å²) in [5.74, 6) is -1.36. The van der Waals surface area contributed by atoms with Crippen LogP contribution in [0.1, 0.15) is 27.7 Å². The second-order valence-corrected chi connectivity index (χ2v) is 4.31. The normalized spacial score (nSPS) is 15.2. The number of ether oxygens (including phenoxy) is 6. The minimum atomic E-state index is -1.08. The molecular formula is C15H22O9. The summed E-state index contributed by atoms with van der Waals surface area (Å²) in [4.78, 5) is 33.5. The van der Waals surface area contributed by atoms with E-state index in [2.05, 4.69) is 13.2 Å². The highest BCUT2D eigenvalue weighted by Crippen LogP contribution is 2.07. The zero-order valence-electron chi connectivity index (χ0n) is 14.1. The van der Waals surface area contributed by atoms with Crippen molar-refractivity contribution >= 4 is 18.1 Å². The molecular weight excluding hydrogens is 324 g/mol. The average molecular weight is 346 g/mol. The van der Waals surface area contributed by atoms with Gasteiger partial charge in [-0.3, -0.25) is 0 Å².